The summed E-state index contributed by atoms with van der Waals surface area (Å²) in [5.41, 5.74) is 0. The van der Waals surface area contributed by atoms with Gasteiger partial charge in [0.25, 0.3) is 0 Å². The van der Waals surface area contributed by atoms with Gasteiger partial charge in [0.15, 0.2) is 23.9 Å². The summed E-state index contributed by atoms with van der Waals surface area (Å²) in [6.07, 6.45) is 1.01. The number of rotatable bonds is 0. The second-order valence-electron chi connectivity index (χ2n) is 3.46. The van der Waals surface area contributed by atoms with E-state index < -0.39 is 0 Å². The number of hydrogen-bond donors (Lipinski definition) is 0. The van der Waals surface area contributed by atoms with Crippen LogP contribution in [-0.4, -0.2) is 77.6 Å². The molecule has 0 N–H and O–H groups in total. The predicted octanol–water partition coefficient (Wildman–Crippen LogP) is -1.45. The second kappa shape index (κ2) is 5.73. The van der Waals surface area contributed by atoms with Gasteiger partial charge < -0.3 is 14.4 Å². The minimum absolute atomic E-state index is 0.796. The van der Waals surface area contributed by atoms with E-state index in [1.165, 1.54) is 0 Å². The molecule has 0 spiro atoms. The Morgan fingerprint density at radius 2 is 0.846 bits per heavy atom. The molecule has 0 amide bonds. The molecule has 3 nitrogen and oxygen atoms in total. The van der Waals surface area contributed by atoms with Crippen LogP contribution in [0.25, 0.3) is 0 Å². The van der Waals surface area contributed by atoms with Gasteiger partial charge in [-0.15, -0.1) is 0 Å². The van der Waals surface area contributed by atoms with Crippen LogP contribution in [0.15, 0.2) is 0 Å². The van der Waals surface area contributed by atoms with Gasteiger partial charge in [-0.2, -0.15) is 0 Å². The molecule has 6 heteroatoms. The highest BCUT2D eigenvalue weighted by molar-refractivity contribution is 6.05. The molecule has 0 saturated carbocycles. The number of hydrogen-bond acceptors (Lipinski definition) is 3. The molecule has 0 unspecified atom stereocenters. The normalized spacial score (nSPS) is 25.8. The first-order valence-corrected chi connectivity index (χ1v) is 4.67. The van der Waals surface area contributed by atoms with Crippen molar-refractivity contribution in [3.8, 4) is 0 Å². The van der Waals surface area contributed by atoms with Crippen molar-refractivity contribution in [3.05, 3.63) is 0 Å². The zero-order valence-electron chi connectivity index (χ0n) is 8.02. The SMILES string of the molecule is [B]N1CCCN([B])CCN([B])CC1. The van der Waals surface area contributed by atoms with Crippen molar-refractivity contribution in [3.63, 3.8) is 0 Å². The Hall–Kier alpha value is 0.0748. The van der Waals surface area contributed by atoms with E-state index in [0.29, 0.717) is 0 Å². The lowest BCUT2D eigenvalue weighted by Gasteiger charge is -2.28. The highest BCUT2D eigenvalue weighted by Crippen LogP contribution is 1.95. The second-order valence-corrected chi connectivity index (χ2v) is 3.46. The molecule has 66 valence electrons. The molecule has 6 radical (unpaired) electrons. The maximum absolute atomic E-state index is 5.72. The molecular formula is C7H14B3N3. The van der Waals surface area contributed by atoms with E-state index in [0.717, 1.165) is 45.7 Å². The van der Waals surface area contributed by atoms with Crippen LogP contribution in [0.5, 0.6) is 0 Å². The highest BCUT2D eigenvalue weighted by atomic mass is 15.1. The van der Waals surface area contributed by atoms with E-state index in [4.69, 9.17) is 23.9 Å². The van der Waals surface area contributed by atoms with E-state index in [-0.39, 0.29) is 0 Å². The van der Waals surface area contributed by atoms with Crippen LogP contribution in [0, 0.1) is 0 Å². The van der Waals surface area contributed by atoms with Crippen LogP contribution < -0.4 is 0 Å². The standard InChI is InChI=1S/C7H14B3N3/c8-11-2-1-3-12(9)5-7-13(10)6-4-11/h1-7H2. The molecule has 0 aromatic rings. The van der Waals surface area contributed by atoms with Crippen molar-refractivity contribution in [1.29, 1.82) is 0 Å². The Bertz CT molecular complexity index is 133. The Kier molecular flexibility index (Phi) is 4.92. The van der Waals surface area contributed by atoms with Gasteiger partial charge in [0.05, 0.1) is 0 Å². The molecular weight excluding hydrogens is 159 g/mol. The van der Waals surface area contributed by atoms with Gasteiger partial charge >= 0.3 is 0 Å². The van der Waals surface area contributed by atoms with E-state index in [9.17, 15) is 0 Å². The molecule has 0 atom stereocenters. The molecule has 1 fully saturated rings. The first-order chi connectivity index (χ1) is 6.18. The Balaban J connectivity index is 2.32. The van der Waals surface area contributed by atoms with Crippen molar-refractivity contribution in [2.45, 2.75) is 6.42 Å². The monoisotopic (exact) mass is 173 g/mol. The van der Waals surface area contributed by atoms with Gasteiger partial charge in [-0.1, -0.05) is 0 Å². The van der Waals surface area contributed by atoms with Gasteiger partial charge in [0.2, 0.25) is 0 Å². The maximum Gasteiger partial charge on any atom is 0.182 e. The van der Waals surface area contributed by atoms with Crippen LogP contribution >= 0.6 is 0 Å². The van der Waals surface area contributed by atoms with Gasteiger partial charge in [0.1, 0.15) is 0 Å². The van der Waals surface area contributed by atoms with E-state index in [1.807, 2.05) is 0 Å². The fraction of sp³-hybridized carbons (Fsp3) is 1.00. The minimum Gasteiger partial charge on any atom is -0.352 e. The van der Waals surface area contributed by atoms with Gasteiger partial charge in [-0.25, -0.2) is 0 Å². The van der Waals surface area contributed by atoms with E-state index >= 15 is 0 Å². The Morgan fingerprint density at radius 1 is 0.538 bits per heavy atom. The van der Waals surface area contributed by atoms with Gasteiger partial charge in [-0.05, 0) is 45.7 Å². The van der Waals surface area contributed by atoms with Gasteiger partial charge in [-0.3, -0.25) is 0 Å². The molecule has 1 rings (SSSR count). The van der Waals surface area contributed by atoms with Crippen molar-refractivity contribution in [2.24, 2.45) is 0 Å². The smallest absolute Gasteiger partial charge is 0.182 e. The molecule has 0 aliphatic carbocycles. The first kappa shape index (κ1) is 11.2. The average Bonchev–Trinajstić information content (AvgIpc) is 2.10. The van der Waals surface area contributed by atoms with E-state index in [2.05, 4.69) is 0 Å². The van der Waals surface area contributed by atoms with Crippen LogP contribution in [0.2, 0.25) is 0 Å². The summed E-state index contributed by atoms with van der Waals surface area (Å²) in [6, 6.07) is 0. The fourth-order valence-electron chi connectivity index (χ4n) is 1.33. The largest absolute Gasteiger partial charge is 0.352 e. The molecule has 0 aromatic carbocycles. The zero-order chi connectivity index (χ0) is 9.68. The zero-order valence-corrected chi connectivity index (χ0v) is 8.02. The van der Waals surface area contributed by atoms with Crippen LogP contribution in [0.3, 0.4) is 0 Å². The van der Waals surface area contributed by atoms with Crippen LogP contribution in [0.4, 0.5) is 0 Å². The minimum atomic E-state index is 0.796. The summed E-state index contributed by atoms with van der Waals surface area (Å²) in [7, 11) is 17.2. The summed E-state index contributed by atoms with van der Waals surface area (Å²) in [5, 5.41) is 0. The lowest BCUT2D eigenvalue weighted by molar-refractivity contribution is 0.304. The summed E-state index contributed by atoms with van der Waals surface area (Å²) in [5.74, 6) is 0. The third-order valence-corrected chi connectivity index (χ3v) is 2.24. The molecule has 13 heavy (non-hydrogen) atoms. The quantitative estimate of drug-likeness (QED) is 0.414. The van der Waals surface area contributed by atoms with Crippen molar-refractivity contribution in [2.75, 3.05) is 39.3 Å². The van der Waals surface area contributed by atoms with Crippen molar-refractivity contribution >= 4 is 23.9 Å². The maximum atomic E-state index is 5.72. The third kappa shape index (κ3) is 4.74. The molecule has 1 aliphatic rings. The lowest BCUT2D eigenvalue weighted by Crippen LogP contribution is -2.40. The lowest BCUT2D eigenvalue weighted by atomic mass is 10.1. The molecule has 1 saturated heterocycles. The summed E-state index contributed by atoms with van der Waals surface area (Å²) in [6.45, 7) is 4.99. The molecule has 1 heterocycles. The highest BCUT2D eigenvalue weighted by Gasteiger charge is 2.06. The van der Waals surface area contributed by atoms with Gasteiger partial charge in [0, 0.05) is 0 Å². The molecule has 1 aliphatic heterocycles. The van der Waals surface area contributed by atoms with Crippen LogP contribution in [0.1, 0.15) is 6.42 Å². The predicted molar refractivity (Wildman–Crippen MR) is 56.6 cm³/mol. The Labute approximate surface area is 84.7 Å². The van der Waals surface area contributed by atoms with Crippen LogP contribution in [-0.2, 0) is 0 Å². The summed E-state index contributed by atoms with van der Waals surface area (Å²) >= 11 is 0. The molecule has 0 bridgehead atoms. The fourth-order valence-corrected chi connectivity index (χ4v) is 1.33. The summed E-state index contributed by atoms with van der Waals surface area (Å²) in [4.78, 5) is 5.34. The van der Waals surface area contributed by atoms with Crippen molar-refractivity contribution < 1.29 is 0 Å². The topological polar surface area (TPSA) is 9.72 Å². The first-order valence-electron chi connectivity index (χ1n) is 4.67. The Morgan fingerprint density at radius 3 is 1.23 bits per heavy atom. The third-order valence-electron chi connectivity index (χ3n) is 2.24. The average molecular weight is 173 g/mol. The van der Waals surface area contributed by atoms with Crippen molar-refractivity contribution in [1.82, 2.24) is 14.4 Å². The molecule has 0 aromatic heterocycles. The number of nitrogens with zero attached hydrogens (tertiary/aromatic N) is 3. The summed E-state index contributed by atoms with van der Waals surface area (Å²) < 4.78 is 0. The van der Waals surface area contributed by atoms with E-state index in [1.54, 1.807) is 14.4 Å².